The minimum absolute atomic E-state index is 0.791. The summed E-state index contributed by atoms with van der Waals surface area (Å²) in [7, 11) is 0. The molecular weight excluding hydrogens is 160 g/mol. The van der Waals surface area contributed by atoms with E-state index in [4.69, 9.17) is 5.26 Å². The highest BCUT2D eigenvalue weighted by atomic mass is 15.1. The smallest absolute Gasteiger partial charge is 0.184 e. The fourth-order valence-corrected chi connectivity index (χ4v) is 1.19. The molecule has 68 valence electrons. The molecule has 1 aromatic rings. The van der Waals surface area contributed by atoms with Crippen LogP contribution in [0.2, 0.25) is 0 Å². The third-order valence-electron chi connectivity index (χ3n) is 1.91. The average molecular weight is 174 g/mol. The van der Waals surface area contributed by atoms with E-state index in [1.54, 1.807) is 4.90 Å². The van der Waals surface area contributed by atoms with E-state index in [0.717, 1.165) is 18.7 Å². The maximum absolute atomic E-state index is 8.86. The van der Waals surface area contributed by atoms with E-state index in [1.807, 2.05) is 31.2 Å². The third kappa shape index (κ3) is 2.48. The van der Waals surface area contributed by atoms with Crippen molar-refractivity contribution in [3.63, 3.8) is 0 Å². The van der Waals surface area contributed by atoms with Crippen molar-refractivity contribution >= 4 is 5.69 Å². The van der Waals surface area contributed by atoms with Crippen LogP contribution in [0.5, 0.6) is 0 Å². The van der Waals surface area contributed by atoms with E-state index in [0.29, 0.717) is 0 Å². The summed E-state index contributed by atoms with van der Waals surface area (Å²) in [6.07, 6.45) is 3.16. The Hall–Kier alpha value is -1.49. The van der Waals surface area contributed by atoms with Crippen LogP contribution in [0.1, 0.15) is 18.9 Å². The van der Waals surface area contributed by atoms with Gasteiger partial charge in [0.1, 0.15) is 0 Å². The fraction of sp³-hybridized carbons (Fsp3) is 0.364. The maximum atomic E-state index is 8.86. The van der Waals surface area contributed by atoms with Crippen LogP contribution < -0.4 is 4.90 Å². The van der Waals surface area contributed by atoms with Crippen molar-refractivity contribution in [3.8, 4) is 6.19 Å². The summed E-state index contributed by atoms with van der Waals surface area (Å²) >= 11 is 0. The highest BCUT2D eigenvalue weighted by Crippen LogP contribution is 2.14. The molecule has 1 aromatic carbocycles. The van der Waals surface area contributed by atoms with Gasteiger partial charge in [-0.2, -0.15) is 5.26 Å². The topological polar surface area (TPSA) is 27.0 Å². The molecule has 0 unspecified atom stereocenters. The van der Waals surface area contributed by atoms with Gasteiger partial charge in [0.05, 0.1) is 5.69 Å². The molecule has 2 heteroatoms. The van der Waals surface area contributed by atoms with Crippen LogP contribution in [0.15, 0.2) is 24.3 Å². The minimum Gasteiger partial charge on any atom is -0.280 e. The minimum atomic E-state index is 0.791. The summed E-state index contributed by atoms with van der Waals surface area (Å²) in [6, 6.07) is 8.01. The lowest BCUT2D eigenvalue weighted by Crippen LogP contribution is -2.16. The van der Waals surface area contributed by atoms with E-state index in [-0.39, 0.29) is 0 Å². The molecule has 0 aliphatic rings. The predicted octanol–water partition coefficient (Wildman–Crippen LogP) is 2.69. The molecule has 0 fully saturated rings. The first-order chi connectivity index (χ1) is 6.27. The molecule has 1 rings (SSSR count). The van der Waals surface area contributed by atoms with Gasteiger partial charge in [0.2, 0.25) is 0 Å². The van der Waals surface area contributed by atoms with E-state index < -0.39 is 0 Å². The molecule has 0 aliphatic heterocycles. The third-order valence-corrected chi connectivity index (χ3v) is 1.91. The Morgan fingerprint density at radius 3 is 2.38 bits per heavy atom. The number of rotatable bonds is 3. The van der Waals surface area contributed by atoms with E-state index in [9.17, 15) is 0 Å². The number of benzene rings is 1. The Balaban J connectivity index is 2.81. The second kappa shape index (κ2) is 4.51. The summed E-state index contributed by atoms with van der Waals surface area (Å²) in [4.78, 5) is 1.71. The lowest BCUT2D eigenvalue weighted by Gasteiger charge is -2.14. The van der Waals surface area contributed by atoms with Gasteiger partial charge in [0.15, 0.2) is 6.19 Å². The number of nitriles is 1. The Kier molecular flexibility index (Phi) is 3.33. The quantitative estimate of drug-likeness (QED) is 0.520. The van der Waals surface area contributed by atoms with Crippen LogP contribution in [0.3, 0.4) is 0 Å². The first kappa shape index (κ1) is 9.60. The van der Waals surface area contributed by atoms with Gasteiger partial charge in [-0.15, -0.1) is 0 Å². The summed E-state index contributed by atoms with van der Waals surface area (Å²) in [5.74, 6) is 0. The van der Waals surface area contributed by atoms with E-state index in [2.05, 4.69) is 13.1 Å². The molecule has 0 amide bonds. The molecule has 0 heterocycles. The molecule has 0 saturated heterocycles. The van der Waals surface area contributed by atoms with Gasteiger partial charge in [-0.3, -0.25) is 4.90 Å². The number of hydrogen-bond acceptors (Lipinski definition) is 2. The molecule has 0 radical (unpaired) electrons. The lowest BCUT2D eigenvalue weighted by atomic mass is 10.2. The molecule has 0 atom stereocenters. The van der Waals surface area contributed by atoms with E-state index >= 15 is 0 Å². The number of aryl methyl sites for hydroxylation is 1. The van der Waals surface area contributed by atoms with Gasteiger partial charge in [-0.1, -0.05) is 24.6 Å². The molecule has 0 aromatic heterocycles. The Bertz CT molecular complexity index is 295. The van der Waals surface area contributed by atoms with Crippen molar-refractivity contribution in [1.29, 1.82) is 5.26 Å². The zero-order valence-corrected chi connectivity index (χ0v) is 8.12. The van der Waals surface area contributed by atoms with Crippen LogP contribution in [0.25, 0.3) is 0 Å². The Morgan fingerprint density at radius 2 is 1.92 bits per heavy atom. The molecule has 0 bridgehead atoms. The zero-order chi connectivity index (χ0) is 9.68. The normalized spacial score (nSPS) is 9.31. The van der Waals surface area contributed by atoms with Crippen molar-refractivity contribution < 1.29 is 0 Å². The van der Waals surface area contributed by atoms with Crippen molar-refractivity contribution in [2.45, 2.75) is 20.3 Å². The van der Waals surface area contributed by atoms with Crippen molar-refractivity contribution in [1.82, 2.24) is 0 Å². The number of anilines is 1. The molecule has 0 aliphatic carbocycles. The molecule has 0 spiro atoms. The van der Waals surface area contributed by atoms with Crippen LogP contribution in [-0.4, -0.2) is 6.54 Å². The van der Waals surface area contributed by atoms with Crippen LogP contribution in [0.4, 0.5) is 5.69 Å². The first-order valence-corrected chi connectivity index (χ1v) is 4.52. The van der Waals surface area contributed by atoms with E-state index in [1.165, 1.54) is 5.56 Å². The highest BCUT2D eigenvalue weighted by Gasteiger charge is 2.01. The SMILES string of the molecule is CCCN(C#N)c1ccc(C)cc1. The molecule has 13 heavy (non-hydrogen) atoms. The van der Waals surface area contributed by atoms with Gasteiger partial charge < -0.3 is 0 Å². The monoisotopic (exact) mass is 174 g/mol. The van der Waals surface area contributed by atoms with Gasteiger partial charge in [-0.05, 0) is 25.5 Å². The van der Waals surface area contributed by atoms with Gasteiger partial charge in [0, 0.05) is 6.54 Å². The largest absolute Gasteiger partial charge is 0.280 e. The Labute approximate surface area is 79.4 Å². The Morgan fingerprint density at radius 1 is 1.31 bits per heavy atom. The molecule has 2 nitrogen and oxygen atoms in total. The first-order valence-electron chi connectivity index (χ1n) is 4.52. The second-order valence-electron chi connectivity index (χ2n) is 3.09. The van der Waals surface area contributed by atoms with Crippen molar-refractivity contribution in [3.05, 3.63) is 29.8 Å². The summed E-state index contributed by atoms with van der Waals surface area (Å²) in [6.45, 7) is 4.90. The second-order valence-corrected chi connectivity index (χ2v) is 3.09. The molecular formula is C11H14N2. The van der Waals surface area contributed by atoms with Crippen LogP contribution in [-0.2, 0) is 0 Å². The van der Waals surface area contributed by atoms with Gasteiger partial charge in [-0.25, -0.2) is 0 Å². The summed E-state index contributed by atoms with van der Waals surface area (Å²) in [5, 5.41) is 8.86. The number of hydrogen-bond donors (Lipinski definition) is 0. The van der Waals surface area contributed by atoms with Crippen molar-refractivity contribution in [2.24, 2.45) is 0 Å². The molecule has 0 saturated carbocycles. The molecule has 0 N–H and O–H groups in total. The maximum Gasteiger partial charge on any atom is 0.184 e. The summed E-state index contributed by atoms with van der Waals surface area (Å²) < 4.78 is 0. The fourth-order valence-electron chi connectivity index (χ4n) is 1.19. The zero-order valence-electron chi connectivity index (χ0n) is 8.12. The van der Waals surface area contributed by atoms with Crippen LogP contribution in [0, 0.1) is 18.4 Å². The predicted molar refractivity (Wildman–Crippen MR) is 54.4 cm³/mol. The van der Waals surface area contributed by atoms with Gasteiger partial charge in [0.25, 0.3) is 0 Å². The summed E-state index contributed by atoms with van der Waals surface area (Å²) in [5.41, 5.74) is 2.20. The standard InChI is InChI=1S/C11H14N2/c1-3-8-13(9-12)11-6-4-10(2)5-7-11/h4-7H,3,8H2,1-2H3. The average Bonchev–Trinajstić information content (AvgIpc) is 2.16. The lowest BCUT2D eigenvalue weighted by molar-refractivity contribution is 0.887. The van der Waals surface area contributed by atoms with Crippen LogP contribution >= 0.6 is 0 Å². The highest BCUT2D eigenvalue weighted by molar-refractivity contribution is 5.50. The van der Waals surface area contributed by atoms with Gasteiger partial charge >= 0.3 is 0 Å². The van der Waals surface area contributed by atoms with Crippen molar-refractivity contribution in [2.75, 3.05) is 11.4 Å². The number of nitrogens with zero attached hydrogens (tertiary/aromatic N) is 2.